The Hall–Kier alpha value is -1.07. The molecule has 1 aromatic carbocycles. The maximum absolute atomic E-state index is 11.8. The third-order valence-corrected chi connectivity index (χ3v) is 3.28. The van der Waals surface area contributed by atoms with E-state index in [1.807, 2.05) is 0 Å². The van der Waals surface area contributed by atoms with Crippen LogP contribution in [-0.4, -0.2) is 18.0 Å². The van der Waals surface area contributed by atoms with Crippen molar-refractivity contribution >= 4 is 39.9 Å². The van der Waals surface area contributed by atoms with Crippen molar-refractivity contribution in [3.8, 4) is 0 Å². The van der Waals surface area contributed by atoms with E-state index in [1.165, 1.54) is 0 Å². The molecule has 1 amide bonds. The number of ether oxygens (including phenoxy) is 1. The van der Waals surface area contributed by atoms with Gasteiger partial charge >= 0.3 is 6.09 Å². The number of carbonyl (C=O) groups is 2. The number of halogens is 2. The van der Waals surface area contributed by atoms with Crippen molar-refractivity contribution in [2.24, 2.45) is 0 Å². The highest BCUT2D eigenvalue weighted by molar-refractivity contribution is 9.10. The van der Waals surface area contributed by atoms with Crippen molar-refractivity contribution in [2.45, 2.75) is 38.8 Å². The van der Waals surface area contributed by atoms with Gasteiger partial charge in [-0.2, -0.15) is 0 Å². The van der Waals surface area contributed by atoms with Crippen molar-refractivity contribution in [3.05, 3.63) is 33.3 Å². The smallest absolute Gasteiger partial charge is 0.408 e. The number of amides is 1. The molecular formula is C14H17BrClNO3. The zero-order valence-corrected chi connectivity index (χ0v) is 13.9. The van der Waals surface area contributed by atoms with E-state index in [-0.39, 0.29) is 6.42 Å². The van der Waals surface area contributed by atoms with Gasteiger partial charge in [0.1, 0.15) is 11.9 Å². The largest absolute Gasteiger partial charge is 0.444 e. The SMILES string of the molecule is CC(C)(C)OC(=O)N[C@H](CC=O)c1ccc(Cl)cc1Br. The fraction of sp³-hybridized carbons (Fsp3) is 0.429. The van der Waals surface area contributed by atoms with Gasteiger partial charge in [-0.25, -0.2) is 4.79 Å². The molecule has 6 heteroatoms. The molecule has 0 fully saturated rings. The minimum Gasteiger partial charge on any atom is -0.444 e. The summed E-state index contributed by atoms with van der Waals surface area (Å²) in [6.07, 6.45) is 0.342. The van der Waals surface area contributed by atoms with Crippen LogP contribution in [0.4, 0.5) is 4.79 Å². The van der Waals surface area contributed by atoms with Gasteiger partial charge < -0.3 is 14.8 Å². The predicted octanol–water partition coefficient (Wildman–Crippen LogP) is 4.26. The number of benzene rings is 1. The van der Waals surface area contributed by atoms with Crippen LogP contribution in [0, 0.1) is 0 Å². The van der Waals surface area contributed by atoms with Crippen LogP contribution < -0.4 is 5.32 Å². The molecule has 1 rings (SSSR count). The lowest BCUT2D eigenvalue weighted by molar-refractivity contribution is -0.108. The minimum absolute atomic E-state index is 0.152. The summed E-state index contributed by atoms with van der Waals surface area (Å²) in [5, 5.41) is 3.26. The fourth-order valence-corrected chi connectivity index (χ4v) is 2.55. The Bertz CT molecular complexity index is 500. The molecule has 0 saturated carbocycles. The molecule has 1 N–H and O–H groups in total. The lowest BCUT2D eigenvalue weighted by Crippen LogP contribution is -2.35. The molecule has 0 aromatic heterocycles. The molecular weight excluding hydrogens is 346 g/mol. The summed E-state index contributed by atoms with van der Waals surface area (Å²) >= 11 is 9.26. The van der Waals surface area contributed by atoms with E-state index in [0.29, 0.717) is 5.02 Å². The van der Waals surface area contributed by atoms with Gasteiger partial charge in [-0.15, -0.1) is 0 Å². The zero-order chi connectivity index (χ0) is 15.3. The van der Waals surface area contributed by atoms with Crippen LogP contribution in [0.5, 0.6) is 0 Å². The average molecular weight is 363 g/mol. The van der Waals surface area contributed by atoms with Crippen molar-refractivity contribution in [1.29, 1.82) is 0 Å². The second-order valence-electron chi connectivity index (χ2n) is 5.27. The van der Waals surface area contributed by atoms with E-state index in [4.69, 9.17) is 16.3 Å². The maximum Gasteiger partial charge on any atom is 0.408 e. The number of aldehydes is 1. The molecule has 0 aliphatic rings. The second-order valence-corrected chi connectivity index (χ2v) is 6.56. The molecule has 0 spiro atoms. The lowest BCUT2D eigenvalue weighted by atomic mass is 10.0. The van der Waals surface area contributed by atoms with Crippen LogP contribution in [0.3, 0.4) is 0 Å². The van der Waals surface area contributed by atoms with Crippen molar-refractivity contribution in [2.75, 3.05) is 0 Å². The van der Waals surface area contributed by atoms with E-state index in [9.17, 15) is 9.59 Å². The van der Waals surface area contributed by atoms with Gasteiger partial charge in [0.05, 0.1) is 6.04 Å². The summed E-state index contributed by atoms with van der Waals surface area (Å²) in [6, 6.07) is 4.72. The molecule has 0 heterocycles. The topological polar surface area (TPSA) is 55.4 Å². The number of rotatable bonds is 4. The van der Waals surface area contributed by atoms with Gasteiger partial charge in [-0.3, -0.25) is 0 Å². The molecule has 110 valence electrons. The minimum atomic E-state index is -0.590. The van der Waals surface area contributed by atoms with E-state index < -0.39 is 17.7 Å². The third kappa shape index (κ3) is 5.51. The lowest BCUT2D eigenvalue weighted by Gasteiger charge is -2.23. The fourth-order valence-electron chi connectivity index (χ4n) is 1.59. The van der Waals surface area contributed by atoms with Crippen molar-refractivity contribution in [1.82, 2.24) is 5.32 Å². The summed E-state index contributed by atoms with van der Waals surface area (Å²) in [6.45, 7) is 5.33. The molecule has 4 nitrogen and oxygen atoms in total. The van der Waals surface area contributed by atoms with Crippen molar-refractivity contribution in [3.63, 3.8) is 0 Å². The van der Waals surface area contributed by atoms with E-state index >= 15 is 0 Å². The third-order valence-electron chi connectivity index (χ3n) is 2.36. The van der Waals surface area contributed by atoms with E-state index in [2.05, 4.69) is 21.2 Å². The van der Waals surface area contributed by atoms with Gasteiger partial charge in [0.15, 0.2) is 0 Å². The first-order valence-electron chi connectivity index (χ1n) is 6.11. The second kappa shape index (κ2) is 7.09. The molecule has 0 radical (unpaired) electrons. The normalized spacial score (nSPS) is 12.7. The van der Waals surface area contributed by atoms with Crippen molar-refractivity contribution < 1.29 is 14.3 Å². The van der Waals surface area contributed by atoms with Crippen LogP contribution in [0.25, 0.3) is 0 Å². The number of hydrogen-bond acceptors (Lipinski definition) is 3. The number of carbonyl (C=O) groups excluding carboxylic acids is 2. The quantitative estimate of drug-likeness (QED) is 0.814. The summed E-state index contributed by atoms with van der Waals surface area (Å²) in [4.78, 5) is 22.6. The highest BCUT2D eigenvalue weighted by atomic mass is 79.9. The average Bonchev–Trinajstić information content (AvgIpc) is 2.25. The Kier molecular flexibility index (Phi) is 6.02. The monoisotopic (exact) mass is 361 g/mol. The summed E-state index contributed by atoms with van der Waals surface area (Å²) in [5.74, 6) is 0. The Morgan fingerprint density at radius 1 is 1.50 bits per heavy atom. The first kappa shape index (κ1) is 17.0. The Morgan fingerprint density at radius 2 is 2.15 bits per heavy atom. The molecule has 0 aliphatic carbocycles. The van der Waals surface area contributed by atoms with Crippen LogP contribution in [-0.2, 0) is 9.53 Å². The predicted molar refractivity (Wildman–Crippen MR) is 81.9 cm³/mol. The number of alkyl carbamates (subject to hydrolysis) is 1. The van der Waals surface area contributed by atoms with Crippen LogP contribution in [0.15, 0.2) is 22.7 Å². The van der Waals surface area contributed by atoms with Crippen LogP contribution >= 0.6 is 27.5 Å². The first-order chi connectivity index (χ1) is 9.23. The van der Waals surface area contributed by atoms with Crippen LogP contribution in [0.2, 0.25) is 5.02 Å². The summed E-state index contributed by atoms with van der Waals surface area (Å²) < 4.78 is 5.92. The van der Waals surface area contributed by atoms with Gasteiger partial charge in [-0.1, -0.05) is 33.6 Å². The molecule has 0 bridgehead atoms. The number of nitrogens with one attached hydrogen (secondary N) is 1. The zero-order valence-electron chi connectivity index (χ0n) is 11.6. The van der Waals surface area contributed by atoms with Gasteiger partial charge in [0, 0.05) is 15.9 Å². The highest BCUT2D eigenvalue weighted by Crippen LogP contribution is 2.28. The maximum atomic E-state index is 11.8. The van der Waals surface area contributed by atoms with Gasteiger partial charge in [-0.05, 0) is 38.5 Å². The molecule has 1 atom stereocenters. The summed E-state index contributed by atoms with van der Waals surface area (Å²) in [7, 11) is 0. The van der Waals surface area contributed by atoms with Crippen LogP contribution in [0.1, 0.15) is 38.8 Å². The van der Waals surface area contributed by atoms with Gasteiger partial charge in [0.2, 0.25) is 0 Å². The Labute approximate surface area is 132 Å². The number of hydrogen-bond donors (Lipinski definition) is 1. The molecule has 0 unspecified atom stereocenters. The highest BCUT2D eigenvalue weighted by Gasteiger charge is 2.21. The van der Waals surface area contributed by atoms with Gasteiger partial charge in [0.25, 0.3) is 0 Å². The standard InChI is InChI=1S/C14H17BrClNO3/c1-14(2,3)20-13(19)17-12(6-7-18)10-5-4-9(16)8-11(10)15/h4-5,7-8,12H,6H2,1-3H3,(H,17,19)/t12-/m1/s1. The molecule has 0 aliphatic heterocycles. The van der Waals surface area contributed by atoms with E-state index in [0.717, 1.165) is 16.3 Å². The van der Waals surface area contributed by atoms with E-state index in [1.54, 1.807) is 39.0 Å². The Morgan fingerprint density at radius 3 is 2.65 bits per heavy atom. The Balaban J connectivity index is 2.89. The molecule has 0 saturated heterocycles. The first-order valence-corrected chi connectivity index (χ1v) is 7.28. The summed E-state index contributed by atoms with van der Waals surface area (Å²) in [5.41, 5.74) is 0.180. The molecule has 1 aromatic rings. The molecule has 20 heavy (non-hydrogen) atoms.